The van der Waals surface area contributed by atoms with Crippen molar-refractivity contribution < 1.29 is 14.3 Å². The van der Waals surface area contributed by atoms with Crippen LogP contribution in [0.25, 0.3) is 22.4 Å². The molecule has 0 aliphatic carbocycles. The number of benzene rings is 1. The van der Waals surface area contributed by atoms with Crippen LogP contribution in [0.2, 0.25) is 0 Å². The number of rotatable bonds is 9. The third kappa shape index (κ3) is 7.56. The van der Waals surface area contributed by atoms with Gasteiger partial charge in [0.05, 0.1) is 30.3 Å². The quantitative estimate of drug-likeness (QED) is 0.400. The van der Waals surface area contributed by atoms with Gasteiger partial charge < -0.3 is 29.2 Å². The molecule has 3 aromatic rings. The highest BCUT2D eigenvalue weighted by Crippen LogP contribution is 2.27. The number of pyridine rings is 1. The highest BCUT2D eigenvalue weighted by atomic mass is 16.6. The zero-order chi connectivity index (χ0) is 28.3. The van der Waals surface area contributed by atoms with E-state index in [0.717, 1.165) is 41.1 Å². The van der Waals surface area contributed by atoms with E-state index in [9.17, 15) is 9.59 Å². The lowest BCUT2D eigenvalue weighted by molar-refractivity contribution is -0.158. The molecular weight excluding hydrogens is 494 g/mol. The second-order valence-corrected chi connectivity index (χ2v) is 12.1. The van der Waals surface area contributed by atoms with Gasteiger partial charge in [0, 0.05) is 37.0 Å². The molecule has 2 aromatic heterocycles. The number of carbonyl (C=O) groups excluding carboxylic acids is 1. The lowest BCUT2D eigenvalue weighted by Crippen LogP contribution is -2.42. The average Bonchev–Trinajstić information content (AvgIpc) is 3.19. The maximum atomic E-state index is 12.9. The fourth-order valence-corrected chi connectivity index (χ4v) is 4.95. The Morgan fingerprint density at radius 1 is 1.28 bits per heavy atom. The van der Waals surface area contributed by atoms with E-state index in [0.29, 0.717) is 37.6 Å². The van der Waals surface area contributed by atoms with Crippen LogP contribution in [0.3, 0.4) is 0 Å². The third-order valence-corrected chi connectivity index (χ3v) is 6.84. The molecule has 3 heterocycles. The minimum atomic E-state index is -0.535. The van der Waals surface area contributed by atoms with E-state index in [2.05, 4.69) is 58.9 Å². The Morgan fingerprint density at radius 3 is 2.72 bits per heavy atom. The number of morpholine rings is 1. The monoisotopic (exact) mass is 537 g/mol. The topological polar surface area (TPSA) is 101 Å². The maximum absolute atomic E-state index is 12.9. The van der Waals surface area contributed by atoms with Gasteiger partial charge in [0.25, 0.3) is 5.56 Å². The number of aryl methyl sites for hydroxylation is 1. The number of aromatic amines is 1. The van der Waals surface area contributed by atoms with E-state index >= 15 is 0 Å². The van der Waals surface area contributed by atoms with Gasteiger partial charge in [-0.3, -0.25) is 9.59 Å². The summed E-state index contributed by atoms with van der Waals surface area (Å²) in [7, 11) is 2.11. The van der Waals surface area contributed by atoms with Gasteiger partial charge in [-0.1, -0.05) is 19.9 Å². The molecule has 2 atom stereocenters. The molecule has 0 amide bonds. The summed E-state index contributed by atoms with van der Waals surface area (Å²) in [4.78, 5) is 35.0. The van der Waals surface area contributed by atoms with Gasteiger partial charge in [-0.15, -0.1) is 0 Å². The Balaban J connectivity index is 1.63. The van der Waals surface area contributed by atoms with Crippen LogP contribution in [0.1, 0.15) is 52.2 Å². The van der Waals surface area contributed by atoms with Gasteiger partial charge >= 0.3 is 5.97 Å². The van der Waals surface area contributed by atoms with Gasteiger partial charge in [-0.25, -0.2) is 4.98 Å². The Morgan fingerprint density at radius 2 is 2.05 bits per heavy atom. The van der Waals surface area contributed by atoms with Gasteiger partial charge in [0.15, 0.2) is 0 Å². The molecule has 0 radical (unpaired) electrons. The molecule has 0 bridgehead atoms. The number of carbonyl (C=O) groups is 1. The predicted octanol–water partition coefficient (Wildman–Crippen LogP) is 3.88. The zero-order valence-electron chi connectivity index (χ0n) is 24.3. The zero-order valence-corrected chi connectivity index (χ0v) is 24.3. The normalized spacial score (nSPS) is 17.6. The van der Waals surface area contributed by atoms with Gasteiger partial charge in [0.1, 0.15) is 17.5 Å². The fraction of sp³-hybridized carbons (Fsp3) is 0.567. The number of nitrogens with zero attached hydrogens (tertiary/aromatic N) is 3. The van der Waals surface area contributed by atoms with Crippen LogP contribution in [-0.2, 0) is 27.4 Å². The highest BCUT2D eigenvalue weighted by Gasteiger charge is 2.26. The van der Waals surface area contributed by atoms with Crippen molar-refractivity contribution in [2.45, 2.75) is 78.8 Å². The number of hydrogen-bond acceptors (Lipinski definition) is 7. The summed E-state index contributed by atoms with van der Waals surface area (Å²) >= 11 is 0. The molecule has 1 aliphatic heterocycles. The SMILES string of the molecule is Cc1cc(-c2nc3cc(CN[C@@H](CC(C)C)C(=O)OC(C)(C)C)ccc3n2CC2CN(C)CCO2)c[nH]c1=O. The molecule has 1 aliphatic rings. The van der Waals surface area contributed by atoms with Crippen LogP contribution in [0, 0.1) is 12.8 Å². The van der Waals surface area contributed by atoms with Gasteiger partial charge in [0.2, 0.25) is 0 Å². The van der Waals surface area contributed by atoms with Crippen molar-refractivity contribution in [3.8, 4) is 11.4 Å². The molecule has 39 heavy (non-hydrogen) atoms. The molecule has 9 nitrogen and oxygen atoms in total. The van der Waals surface area contributed by atoms with E-state index in [4.69, 9.17) is 14.5 Å². The van der Waals surface area contributed by atoms with Crippen molar-refractivity contribution >= 4 is 17.0 Å². The smallest absolute Gasteiger partial charge is 0.323 e. The van der Waals surface area contributed by atoms with Crippen molar-refractivity contribution in [1.29, 1.82) is 0 Å². The fourth-order valence-electron chi connectivity index (χ4n) is 4.95. The minimum Gasteiger partial charge on any atom is -0.459 e. The number of imidazole rings is 1. The number of aromatic nitrogens is 3. The summed E-state index contributed by atoms with van der Waals surface area (Å²) < 4.78 is 13.9. The van der Waals surface area contributed by atoms with E-state index in [1.807, 2.05) is 26.8 Å². The molecule has 1 saturated heterocycles. The number of likely N-dealkylation sites (N-methyl/N-ethyl adjacent to an activating group) is 1. The molecule has 0 spiro atoms. The number of H-pyrrole nitrogens is 1. The lowest BCUT2D eigenvalue weighted by atomic mass is 10.0. The van der Waals surface area contributed by atoms with Crippen molar-refractivity contribution in [2.24, 2.45) is 5.92 Å². The molecule has 1 unspecified atom stereocenters. The second kappa shape index (κ2) is 12.0. The first-order valence-corrected chi connectivity index (χ1v) is 13.8. The van der Waals surface area contributed by atoms with E-state index in [1.54, 1.807) is 13.1 Å². The Bertz CT molecular complexity index is 1350. The van der Waals surface area contributed by atoms with E-state index < -0.39 is 11.6 Å². The molecule has 212 valence electrons. The minimum absolute atomic E-state index is 0.0377. The summed E-state index contributed by atoms with van der Waals surface area (Å²) in [5, 5.41) is 3.42. The van der Waals surface area contributed by atoms with E-state index in [-0.39, 0.29) is 17.6 Å². The van der Waals surface area contributed by atoms with Gasteiger partial charge in [-0.2, -0.15) is 0 Å². The van der Waals surface area contributed by atoms with Crippen LogP contribution in [0.5, 0.6) is 0 Å². The number of ether oxygens (including phenoxy) is 2. The highest BCUT2D eigenvalue weighted by molar-refractivity contribution is 5.81. The largest absolute Gasteiger partial charge is 0.459 e. The van der Waals surface area contributed by atoms with Crippen molar-refractivity contribution in [3.63, 3.8) is 0 Å². The third-order valence-electron chi connectivity index (χ3n) is 6.84. The molecule has 1 aromatic carbocycles. The summed E-state index contributed by atoms with van der Waals surface area (Å²) in [6.07, 6.45) is 2.45. The van der Waals surface area contributed by atoms with Crippen LogP contribution >= 0.6 is 0 Å². The van der Waals surface area contributed by atoms with Crippen molar-refractivity contribution in [3.05, 3.63) is 51.9 Å². The maximum Gasteiger partial charge on any atom is 0.323 e. The molecule has 1 fully saturated rings. The number of nitrogens with one attached hydrogen (secondary N) is 2. The molecule has 9 heteroatoms. The second-order valence-electron chi connectivity index (χ2n) is 12.1. The Kier molecular flexibility index (Phi) is 8.93. The van der Waals surface area contributed by atoms with Gasteiger partial charge in [-0.05, 0) is 70.8 Å². The first-order valence-electron chi connectivity index (χ1n) is 13.8. The van der Waals surface area contributed by atoms with Crippen molar-refractivity contribution in [2.75, 3.05) is 26.7 Å². The predicted molar refractivity (Wildman–Crippen MR) is 154 cm³/mol. The summed E-state index contributed by atoms with van der Waals surface area (Å²) in [6, 6.07) is 7.71. The Labute approximate surface area is 230 Å². The van der Waals surface area contributed by atoms with E-state index in [1.165, 1.54) is 0 Å². The number of hydrogen-bond donors (Lipinski definition) is 2. The standard InChI is InChI=1S/C30H43N5O4/c1-19(2)12-25(29(37)39-30(4,5)6)31-15-21-8-9-26-24(14-21)33-27(22-13-20(3)28(36)32-16-22)35(26)18-23-17-34(7)10-11-38-23/h8-9,13-14,16,19,23,25,31H,10-12,15,17-18H2,1-7H3,(H,32,36)/t23?,25-/m0/s1. The first kappa shape index (κ1) is 29.0. The Hall–Kier alpha value is -3.01. The summed E-state index contributed by atoms with van der Waals surface area (Å²) in [6.45, 7) is 15.3. The average molecular weight is 538 g/mol. The van der Waals surface area contributed by atoms with Crippen LogP contribution in [-0.4, -0.2) is 69.9 Å². The summed E-state index contributed by atoms with van der Waals surface area (Å²) in [5.41, 5.74) is 3.75. The number of esters is 1. The molecule has 4 rings (SSSR count). The molecule has 0 saturated carbocycles. The first-order chi connectivity index (χ1) is 18.4. The van der Waals surface area contributed by atoms with Crippen LogP contribution in [0.15, 0.2) is 35.3 Å². The molecular formula is C30H43N5O4. The summed E-state index contributed by atoms with van der Waals surface area (Å²) in [5.74, 6) is 0.907. The lowest BCUT2D eigenvalue weighted by Gasteiger charge is -2.30. The molecule has 2 N–H and O–H groups in total. The number of fused-ring (bicyclic) bond motifs is 1. The van der Waals surface area contributed by atoms with Crippen LogP contribution in [0.4, 0.5) is 0 Å². The van der Waals surface area contributed by atoms with Crippen molar-refractivity contribution in [1.82, 2.24) is 24.8 Å². The van der Waals surface area contributed by atoms with Crippen LogP contribution < -0.4 is 10.9 Å².